The molecule has 0 aliphatic rings. The number of thiophene rings is 2. The molecular formula is C12H13Cl2NS2. The van der Waals surface area contributed by atoms with Gasteiger partial charge in [0.05, 0.1) is 15.4 Å². The number of hydrogen-bond acceptors (Lipinski definition) is 3. The Kier molecular flexibility index (Phi) is 4.50. The largest absolute Gasteiger partial charge is 0.305 e. The maximum atomic E-state index is 6.34. The third kappa shape index (κ3) is 2.85. The van der Waals surface area contributed by atoms with Crippen molar-refractivity contribution >= 4 is 45.9 Å². The summed E-state index contributed by atoms with van der Waals surface area (Å²) >= 11 is 15.6. The Labute approximate surface area is 119 Å². The summed E-state index contributed by atoms with van der Waals surface area (Å²) in [5.74, 6) is 0. The highest BCUT2D eigenvalue weighted by Crippen LogP contribution is 2.38. The maximum absolute atomic E-state index is 6.34. The van der Waals surface area contributed by atoms with Crippen molar-refractivity contribution in [3.8, 4) is 0 Å². The van der Waals surface area contributed by atoms with Gasteiger partial charge in [-0.2, -0.15) is 0 Å². The summed E-state index contributed by atoms with van der Waals surface area (Å²) in [6.45, 7) is 5.02. The lowest BCUT2D eigenvalue weighted by molar-refractivity contribution is 0.649. The monoisotopic (exact) mass is 305 g/mol. The van der Waals surface area contributed by atoms with Crippen molar-refractivity contribution in [3.05, 3.63) is 42.2 Å². The second kappa shape index (κ2) is 5.72. The van der Waals surface area contributed by atoms with Crippen LogP contribution in [0.3, 0.4) is 0 Å². The molecule has 1 atom stereocenters. The average Bonchev–Trinajstić information content (AvgIpc) is 2.85. The first-order chi connectivity index (χ1) is 8.13. The van der Waals surface area contributed by atoms with Gasteiger partial charge in [0.2, 0.25) is 0 Å². The fourth-order valence-corrected chi connectivity index (χ4v) is 4.27. The molecule has 0 aliphatic heterocycles. The molecule has 1 N–H and O–H groups in total. The average molecular weight is 306 g/mol. The summed E-state index contributed by atoms with van der Waals surface area (Å²) in [6.07, 6.45) is 0. The Balaban J connectivity index is 2.38. The number of rotatable bonds is 4. The molecule has 0 spiro atoms. The molecule has 0 saturated heterocycles. The van der Waals surface area contributed by atoms with Gasteiger partial charge in [0.25, 0.3) is 0 Å². The van der Waals surface area contributed by atoms with Crippen molar-refractivity contribution in [2.75, 3.05) is 6.54 Å². The van der Waals surface area contributed by atoms with Crippen molar-refractivity contribution in [3.63, 3.8) is 0 Å². The Morgan fingerprint density at radius 3 is 2.59 bits per heavy atom. The summed E-state index contributed by atoms with van der Waals surface area (Å²) in [7, 11) is 0. The van der Waals surface area contributed by atoms with Gasteiger partial charge in [0.15, 0.2) is 0 Å². The molecule has 2 rings (SSSR count). The van der Waals surface area contributed by atoms with E-state index in [2.05, 4.69) is 23.7 Å². The van der Waals surface area contributed by atoms with Crippen molar-refractivity contribution in [1.82, 2.24) is 5.32 Å². The normalized spacial score (nSPS) is 12.9. The van der Waals surface area contributed by atoms with E-state index in [1.807, 2.05) is 13.0 Å². The van der Waals surface area contributed by atoms with Gasteiger partial charge in [-0.15, -0.1) is 22.7 Å². The zero-order valence-electron chi connectivity index (χ0n) is 9.59. The van der Waals surface area contributed by atoms with Gasteiger partial charge in [0.1, 0.15) is 0 Å². The summed E-state index contributed by atoms with van der Waals surface area (Å²) in [5, 5.41) is 6.42. The molecular weight excluding hydrogens is 293 g/mol. The highest BCUT2D eigenvalue weighted by atomic mass is 35.5. The van der Waals surface area contributed by atoms with E-state index in [9.17, 15) is 0 Å². The fraction of sp³-hybridized carbons (Fsp3) is 0.333. The second-order valence-corrected chi connectivity index (χ2v) is 6.77. The molecule has 1 unspecified atom stereocenters. The molecule has 17 heavy (non-hydrogen) atoms. The van der Waals surface area contributed by atoms with E-state index in [0.29, 0.717) is 0 Å². The number of nitrogens with one attached hydrogen (secondary N) is 1. The summed E-state index contributed by atoms with van der Waals surface area (Å²) in [6, 6.07) is 4.15. The van der Waals surface area contributed by atoms with E-state index < -0.39 is 0 Å². The van der Waals surface area contributed by atoms with Crippen LogP contribution in [-0.4, -0.2) is 6.54 Å². The van der Waals surface area contributed by atoms with Gasteiger partial charge in [-0.25, -0.2) is 0 Å². The van der Waals surface area contributed by atoms with E-state index >= 15 is 0 Å². The summed E-state index contributed by atoms with van der Waals surface area (Å²) in [5.41, 5.74) is 1.14. The molecule has 0 aromatic carbocycles. The standard InChI is InChI=1S/C12H13Cl2NS2/c1-3-15-11(8-4-5-9(13)17-8)12-10(14)7(2)6-16-12/h4-6,11,15H,3H2,1-2H3. The highest BCUT2D eigenvalue weighted by molar-refractivity contribution is 7.16. The molecule has 2 aromatic heterocycles. The van der Waals surface area contributed by atoms with Crippen LogP contribution in [0.4, 0.5) is 0 Å². The predicted octanol–water partition coefficient (Wildman–Crippen LogP) is 5.12. The quantitative estimate of drug-likeness (QED) is 0.826. The Hall–Kier alpha value is -0.0600. The van der Waals surface area contributed by atoms with E-state index in [4.69, 9.17) is 23.2 Å². The van der Waals surface area contributed by atoms with E-state index in [1.54, 1.807) is 22.7 Å². The molecule has 2 aromatic rings. The molecule has 0 fully saturated rings. The van der Waals surface area contributed by atoms with Gasteiger partial charge >= 0.3 is 0 Å². The highest BCUT2D eigenvalue weighted by Gasteiger charge is 2.20. The first-order valence-electron chi connectivity index (χ1n) is 5.35. The number of hydrogen-bond donors (Lipinski definition) is 1. The van der Waals surface area contributed by atoms with Crippen LogP contribution in [-0.2, 0) is 0 Å². The van der Waals surface area contributed by atoms with Crippen LogP contribution in [0.2, 0.25) is 9.36 Å². The van der Waals surface area contributed by atoms with Crippen LogP contribution in [0.5, 0.6) is 0 Å². The van der Waals surface area contributed by atoms with Crippen molar-refractivity contribution in [2.24, 2.45) is 0 Å². The van der Waals surface area contributed by atoms with Gasteiger partial charge < -0.3 is 5.32 Å². The van der Waals surface area contributed by atoms with Crippen LogP contribution in [0.15, 0.2) is 17.5 Å². The lowest BCUT2D eigenvalue weighted by atomic mass is 10.2. The molecule has 92 valence electrons. The van der Waals surface area contributed by atoms with Crippen molar-refractivity contribution < 1.29 is 0 Å². The van der Waals surface area contributed by atoms with E-state index in [1.165, 1.54) is 9.75 Å². The maximum Gasteiger partial charge on any atom is 0.0931 e. The van der Waals surface area contributed by atoms with Gasteiger partial charge in [-0.05, 0) is 36.5 Å². The summed E-state index contributed by atoms with van der Waals surface area (Å²) in [4.78, 5) is 2.38. The first kappa shape index (κ1) is 13.4. The molecule has 0 amide bonds. The Bertz CT molecular complexity index is 504. The first-order valence-corrected chi connectivity index (χ1v) is 7.80. The third-order valence-corrected chi connectivity index (χ3v) is 5.55. The molecule has 5 heteroatoms. The minimum atomic E-state index is 0.156. The zero-order chi connectivity index (χ0) is 12.4. The zero-order valence-corrected chi connectivity index (χ0v) is 12.7. The molecule has 2 heterocycles. The lowest BCUT2D eigenvalue weighted by Crippen LogP contribution is -2.20. The molecule has 0 aliphatic carbocycles. The third-order valence-electron chi connectivity index (χ3n) is 2.47. The van der Waals surface area contributed by atoms with Gasteiger partial charge in [0, 0.05) is 9.75 Å². The Morgan fingerprint density at radius 2 is 2.12 bits per heavy atom. The van der Waals surface area contributed by atoms with E-state index in [-0.39, 0.29) is 6.04 Å². The molecule has 1 nitrogen and oxygen atoms in total. The molecule has 0 radical (unpaired) electrons. The van der Waals surface area contributed by atoms with Crippen LogP contribution >= 0.6 is 45.9 Å². The van der Waals surface area contributed by atoms with Crippen LogP contribution < -0.4 is 5.32 Å². The van der Waals surface area contributed by atoms with Crippen LogP contribution in [0.1, 0.15) is 28.3 Å². The fourth-order valence-electron chi connectivity index (χ4n) is 1.65. The van der Waals surface area contributed by atoms with E-state index in [0.717, 1.165) is 21.5 Å². The smallest absolute Gasteiger partial charge is 0.0931 e. The van der Waals surface area contributed by atoms with Gasteiger partial charge in [-0.3, -0.25) is 0 Å². The number of halogens is 2. The minimum Gasteiger partial charge on any atom is -0.305 e. The number of aryl methyl sites for hydroxylation is 1. The Morgan fingerprint density at radius 1 is 1.35 bits per heavy atom. The van der Waals surface area contributed by atoms with Crippen molar-refractivity contribution in [1.29, 1.82) is 0 Å². The minimum absolute atomic E-state index is 0.156. The lowest BCUT2D eigenvalue weighted by Gasteiger charge is -2.15. The SMILES string of the molecule is CCNC(c1ccc(Cl)s1)c1scc(C)c1Cl. The second-order valence-electron chi connectivity index (χ2n) is 3.73. The molecule has 0 saturated carbocycles. The summed E-state index contributed by atoms with van der Waals surface area (Å²) < 4.78 is 0.812. The topological polar surface area (TPSA) is 12.0 Å². The van der Waals surface area contributed by atoms with Gasteiger partial charge in [-0.1, -0.05) is 30.1 Å². The predicted molar refractivity (Wildman–Crippen MR) is 78.9 cm³/mol. The van der Waals surface area contributed by atoms with Crippen molar-refractivity contribution in [2.45, 2.75) is 19.9 Å². The molecule has 0 bridgehead atoms. The van der Waals surface area contributed by atoms with Crippen LogP contribution in [0, 0.1) is 6.92 Å². The van der Waals surface area contributed by atoms with Crippen LogP contribution in [0.25, 0.3) is 0 Å².